The number of carbonyl (C=O) groups is 1. The second kappa shape index (κ2) is 7.76. The Morgan fingerprint density at radius 2 is 1.77 bits per heavy atom. The van der Waals surface area contributed by atoms with Crippen LogP contribution < -0.4 is 0 Å². The molecule has 0 saturated carbocycles. The maximum absolute atomic E-state index is 12.8. The summed E-state index contributed by atoms with van der Waals surface area (Å²) in [7, 11) is -10.8. The lowest BCUT2D eigenvalue weighted by molar-refractivity contribution is 0.0970. The molecular formula is C17H17N5O7P2. The molecule has 12 nitrogen and oxygen atoms in total. The lowest BCUT2D eigenvalue weighted by Crippen LogP contribution is -2.23. The molecule has 0 spiro atoms. The van der Waals surface area contributed by atoms with E-state index in [0.29, 0.717) is 10.9 Å². The number of pyridine rings is 1. The van der Waals surface area contributed by atoms with Gasteiger partial charge in [-0.25, -0.2) is 0 Å². The summed E-state index contributed by atoms with van der Waals surface area (Å²) in [6.07, 6.45) is 0.893. The highest BCUT2D eigenvalue weighted by molar-refractivity contribution is 7.71. The highest BCUT2D eigenvalue weighted by Crippen LogP contribution is 2.65. The van der Waals surface area contributed by atoms with E-state index in [4.69, 9.17) is 0 Å². The Morgan fingerprint density at radius 3 is 2.42 bits per heavy atom. The van der Waals surface area contributed by atoms with Crippen molar-refractivity contribution in [3.63, 3.8) is 0 Å². The molecule has 5 N–H and O–H groups in total. The van der Waals surface area contributed by atoms with Crippen LogP contribution in [0.3, 0.4) is 0 Å². The van der Waals surface area contributed by atoms with E-state index in [1.54, 1.807) is 30.3 Å². The van der Waals surface area contributed by atoms with Gasteiger partial charge in [-0.3, -0.25) is 13.9 Å². The smallest absolute Gasteiger partial charge is 0.341 e. The minimum absolute atomic E-state index is 0.0369. The number of aromatic nitrogens is 5. The average Bonchev–Trinajstić information content (AvgIpc) is 3.36. The fourth-order valence-corrected chi connectivity index (χ4v) is 6.73. The summed E-state index contributed by atoms with van der Waals surface area (Å²) in [5.41, 5.74) is 0.788. The molecule has 0 aliphatic rings. The zero-order valence-electron chi connectivity index (χ0n) is 15.7. The Kier molecular flexibility index (Phi) is 5.38. The second-order valence-electron chi connectivity index (χ2n) is 6.98. The third kappa shape index (κ3) is 4.09. The number of hydrogen-bond donors (Lipinski definition) is 5. The van der Waals surface area contributed by atoms with Crippen LogP contribution in [-0.2, 0) is 9.13 Å². The van der Waals surface area contributed by atoms with Gasteiger partial charge in [-0.2, -0.15) is 4.52 Å². The summed E-state index contributed by atoms with van der Waals surface area (Å²) in [6, 6.07) is 11.4. The van der Waals surface area contributed by atoms with Crippen molar-refractivity contribution in [2.24, 2.45) is 0 Å². The molecule has 0 saturated heterocycles. The summed E-state index contributed by atoms with van der Waals surface area (Å²) >= 11 is 0. The molecule has 0 amide bonds. The lowest BCUT2D eigenvalue weighted by atomic mass is 9.93. The van der Waals surface area contributed by atoms with Gasteiger partial charge in [0.15, 0.2) is 16.8 Å². The van der Waals surface area contributed by atoms with Crippen molar-refractivity contribution >= 4 is 37.5 Å². The number of H-pyrrole nitrogens is 1. The molecule has 1 atom stereocenters. The summed E-state index contributed by atoms with van der Waals surface area (Å²) in [5, 5.41) is 9.46. The van der Waals surface area contributed by atoms with Crippen molar-refractivity contribution in [2.75, 3.05) is 0 Å². The number of nitrogens with one attached hydrogen (secondary N) is 1. The molecule has 162 valence electrons. The highest BCUT2D eigenvalue weighted by atomic mass is 31.2. The van der Waals surface area contributed by atoms with Crippen LogP contribution in [0.1, 0.15) is 28.4 Å². The van der Waals surface area contributed by atoms with Gasteiger partial charge >= 0.3 is 15.2 Å². The number of para-hydroxylation sites is 1. The zero-order chi connectivity index (χ0) is 22.4. The molecule has 1 unspecified atom stereocenters. The number of rotatable bonds is 7. The van der Waals surface area contributed by atoms with Gasteiger partial charge in [-0.15, -0.1) is 5.10 Å². The Labute approximate surface area is 174 Å². The fourth-order valence-electron chi connectivity index (χ4n) is 3.69. The summed E-state index contributed by atoms with van der Waals surface area (Å²) in [5.74, 6) is -2.16. The van der Waals surface area contributed by atoms with Crippen molar-refractivity contribution in [1.29, 1.82) is 0 Å². The standard InChI is InChI=1S/C17H17N5O7P2/c23-15(13-5-3-7-18-13)9-12(17(30(24,25)26)31(27,28)29)11-8-10-4-1-2-6-14(10)22-16(11)19-20-21-22/h1-8,12,17-18H,9H2,(H2,24,25,26)(H2,27,28,29). The topological polar surface area (TPSA) is 191 Å². The van der Waals surface area contributed by atoms with Gasteiger partial charge < -0.3 is 24.6 Å². The molecule has 14 heteroatoms. The van der Waals surface area contributed by atoms with E-state index in [9.17, 15) is 33.5 Å². The second-order valence-corrected chi connectivity index (χ2v) is 10.9. The number of benzene rings is 1. The maximum atomic E-state index is 12.8. The largest absolute Gasteiger partial charge is 0.359 e. The Bertz CT molecular complexity index is 1340. The molecular weight excluding hydrogens is 448 g/mol. The number of fused-ring (bicyclic) bond motifs is 3. The van der Waals surface area contributed by atoms with E-state index >= 15 is 0 Å². The van der Waals surface area contributed by atoms with Gasteiger partial charge in [-0.05, 0) is 34.7 Å². The molecule has 3 aromatic heterocycles. The van der Waals surface area contributed by atoms with E-state index in [1.165, 1.54) is 22.8 Å². The van der Waals surface area contributed by atoms with Crippen LogP contribution in [0.2, 0.25) is 0 Å². The number of aromatic amines is 1. The number of hydrogen-bond acceptors (Lipinski definition) is 6. The first-order valence-corrected chi connectivity index (χ1v) is 12.3. The fraction of sp³-hybridized carbons (Fsp3) is 0.176. The van der Waals surface area contributed by atoms with Crippen molar-refractivity contribution < 1.29 is 33.5 Å². The maximum Gasteiger partial charge on any atom is 0.341 e. The molecule has 0 radical (unpaired) electrons. The number of carbonyl (C=O) groups excluding carboxylic acids is 1. The van der Waals surface area contributed by atoms with Gasteiger partial charge in [0.25, 0.3) is 0 Å². The van der Waals surface area contributed by atoms with E-state index in [-0.39, 0.29) is 16.9 Å². The van der Waals surface area contributed by atoms with Crippen molar-refractivity contribution in [1.82, 2.24) is 25.0 Å². The lowest BCUT2D eigenvalue weighted by Gasteiger charge is -2.28. The molecule has 0 bridgehead atoms. The third-order valence-electron chi connectivity index (χ3n) is 4.96. The number of Topliss-reactive ketones (excluding diaryl/α,β-unsaturated/α-hetero) is 1. The van der Waals surface area contributed by atoms with Gasteiger partial charge in [0, 0.05) is 29.5 Å². The van der Waals surface area contributed by atoms with Crippen LogP contribution in [0.25, 0.3) is 16.6 Å². The normalized spacial score (nSPS) is 13.8. The van der Waals surface area contributed by atoms with Crippen LogP contribution in [0.15, 0.2) is 48.7 Å². The van der Waals surface area contributed by atoms with E-state index in [1.807, 2.05) is 0 Å². The molecule has 0 aliphatic heterocycles. The minimum atomic E-state index is -5.38. The van der Waals surface area contributed by atoms with Crippen LogP contribution in [0.4, 0.5) is 0 Å². The van der Waals surface area contributed by atoms with Crippen LogP contribution in [0.5, 0.6) is 0 Å². The summed E-state index contributed by atoms with van der Waals surface area (Å²) in [4.78, 5) is 54.9. The summed E-state index contributed by atoms with van der Waals surface area (Å²) in [6.45, 7) is 0. The van der Waals surface area contributed by atoms with Crippen LogP contribution in [-0.4, -0.2) is 55.8 Å². The van der Waals surface area contributed by atoms with Crippen molar-refractivity contribution in [3.8, 4) is 0 Å². The third-order valence-corrected chi connectivity index (χ3v) is 8.86. The first-order valence-electron chi connectivity index (χ1n) is 8.94. The quantitative estimate of drug-likeness (QED) is 0.198. The highest BCUT2D eigenvalue weighted by Gasteiger charge is 2.50. The first kappa shape index (κ1) is 21.5. The van der Waals surface area contributed by atoms with E-state index in [0.717, 1.165) is 0 Å². The number of ketones is 1. The Morgan fingerprint density at radius 1 is 1.06 bits per heavy atom. The molecule has 1 aromatic carbocycles. The zero-order valence-corrected chi connectivity index (χ0v) is 17.5. The predicted molar refractivity (Wildman–Crippen MR) is 109 cm³/mol. The van der Waals surface area contributed by atoms with Gasteiger partial charge in [0.2, 0.25) is 0 Å². The van der Waals surface area contributed by atoms with Crippen molar-refractivity contribution in [2.45, 2.75) is 17.7 Å². The molecule has 4 aromatic rings. The summed E-state index contributed by atoms with van der Waals surface area (Å²) < 4.78 is 25.7. The SMILES string of the molecule is O=C(CC(c1cc2ccccc2n2nnnc12)C(P(=O)(O)O)P(=O)(O)O)c1ccc[nH]1. The molecule has 4 rings (SSSR count). The Hall–Kier alpha value is -2.72. The molecule has 3 heterocycles. The molecule has 0 aliphatic carbocycles. The van der Waals surface area contributed by atoms with Gasteiger partial charge in [0.05, 0.1) is 11.2 Å². The predicted octanol–water partition coefficient (Wildman–Crippen LogP) is 1.64. The Balaban J connectivity index is 1.98. The monoisotopic (exact) mass is 465 g/mol. The molecule has 0 fully saturated rings. The van der Waals surface area contributed by atoms with Crippen molar-refractivity contribution in [3.05, 3.63) is 59.9 Å². The number of tetrazole rings is 1. The van der Waals surface area contributed by atoms with Crippen LogP contribution >= 0.6 is 15.2 Å². The van der Waals surface area contributed by atoms with Gasteiger partial charge in [-0.1, -0.05) is 18.2 Å². The van der Waals surface area contributed by atoms with Gasteiger partial charge in [0.1, 0.15) is 0 Å². The number of nitrogens with zero attached hydrogens (tertiary/aromatic N) is 4. The van der Waals surface area contributed by atoms with E-state index in [2.05, 4.69) is 20.5 Å². The first-order chi connectivity index (χ1) is 14.6. The minimum Gasteiger partial charge on any atom is -0.359 e. The average molecular weight is 465 g/mol. The van der Waals surface area contributed by atoms with Crippen LogP contribution in [0, 0.1) is 0 Å². The van der Waals surface area contributed by atoms with E-state index < -0.39 is 38.7 Å². The molecule has 31 heavy (non-hydrogen) atoms.